The van der Waals surface area contributed by atoms with Crippen LogP contribution in [0.1, 0.15) is 65.8 Å². The number of hydrogen-bond acceptors (Lipinski definition) is 6. The first-order valence-electron chi connectivity index (χ1n) is 11.4. The van der Waals surface area contributed by atoms with Gasteiger partial charge in [-0.05, 0) is 63.8 Å². The highest BCUT2D eigenvalue weighted by molar-refractivity contribution is 6.03. The van der Waals surface area contributed by atoms with Crippen LogP contribution in [0.25, 0.3) is 11.0 Å². The van der Waals surface area contributed by atoms with E-state index in [1.807, 2.05) is 39.8 Å². The number of esters is 1. The second kappa shape index (κ2) is 9.62. The number of carbonyl (C=O) groups excluding carboxylic acids is 3. The number of nitrogens with zero attached hydrogens (tertiary/aromatic N) is 3. The Bertz CT molecular complexity index is 1260. The number of anilines is 1. The number of aryl methyl sites for hydroxylation is 1. The monoisotopic (exact) mass is 463 g/mol. The normalized spacial score (nSPS) is 13.2. The van der Waals surface area contributed by atoms with Crippen molar-refractivity contribution < 1.29 is 19.1 Å². The van der Waals surface area contributed by atoms with E-state index in [-0.39, 0.29) is 18.5 Å². The number of aromatic nitrogens is 3. The first-order chi connectivity index (χ1) is 16.2. The molecule has 1 aromatic carbocycles. The molecule has 178 valence electrons. The first kappa shape index (κ1) is 23.4. The second-order valence-electron chi connectivity index (χ2n) is 8.94. The summed E-state index contributed by atoms with van der Waals surface area (Å²) >= 11 is 0. The molecule has 0 spiro atoms. The SMILES string of the molecule is Cc1cccc(NC(=O)CNC(=O)COC(=O)c2cc(C3CC3)nc3c2cnn3C(C)C)c1C. The van der Waals surface area contributed by atoms with Gasteiger partial charge in [0.25, 0.3) is 5.91 Å². The molecule has 2 heterocycles. The van der Waals surface area contributed by atoms with E-state index in [0.29, 0.717) is 28.2 Å². The predicted octanol–water partition coefficient (Wildman–Crippen LogP) is 3.42. The Balaban J connectivity index is 1.36. The summed E-state index contributed by atoms with van der Waals surface area (Å²) in [5.41, 5.74) is 4.54. The molecule has 2 aromatic heterocycles. The smallest absolute Gasteiger partial charge is 0.339 e. The maximum atomic E-state index is 12.8. The Morgan fingerprint density at radius 2 is 1.94 bits per heavy atom. The third-order valence-electron chi connectivity index (χ3n) is 5.95. The highest BCUT2D eigenvalue weighted by atomic mass is 16.5. The summed E-state index contributed by atoms with van der Waals surface area (Å²) < 4.78 is 7.04. The van der Waals surface area contributed by atoms with E-state index in [4.69, 9.17) is 9.72 Å². The van der Waals surface area contributed by atoms with E-state index >= 15 is 0 Å². The number of hydrogen-bond donors (Lipinski definition) is 2. The summed E-state index contributed by atoms with van der Waals surface area (Å²) in [5.74, 6) is -1.20. The maximum Gasteiger partial charge on any atom is 0.339 e. The third-order valence-corrected chi connectivity index (χ3v) is 5.95. The van der Waals surface area contributed by atoms with Crippen LogP contribution in [0, 0.1) is 13.8 Å². The maximum absolute atomic E-state index is 12.8. The Morgan fingerprint density at radius 1 is 1.18 bits per heavy atom. The van der Waals surface area contributed by atoms with Crippen molar-refractivity contribution in [2.24, 2.45) is 0 Å². The van der Waals surface area contributed by atoms with Crippen molar-refractivity contribution >= 4 is 34.5 Å². The fraction of sp³-hybridized carbons (Fsp3) is 0.400. The minimum atomic E-state index is -0.618. The van der Waals surface area contributed by atoms with E-state index in [0.717, 1.165) is 29.7 Å². The minimum Gasteiger partial charge on any atom is -0.452 e. The van der Waals surface area contributed by atoms with E-state index in [1.54, 1.807) is 23.0 Å². The molecule has 2 N–H and O–H groups in total. The molecule has 9 nitrogen and oxygen atoms in total. The van der Waals surface area contributed by atoms with Gasteiger partial charge in [-0.15, -0.1) is 0 Å². The first-order valence-corrected chi connectivity index (χ1v) is 11.4. The summed E-state index contributed by atoms with van der Waals surface area (Å²) in [7, 11) is 0. The van der Waals surface area contributed by atoms with Gasteiger partial charge in [0.1, 0.15) is 0 Å². The lowest BCUT2D eigenvalue weighted by Gasteiger charge is -2.11. The summed E-state index contributed by atoms with van der Waals surface area (Å²) in [6.07, 6.45) is 3.68. The molecule has 0 unspecified atom stereocenters. The lowest BCUT2D eigenvalue weighted by molar-refractivity contribution is -0.126. The lowest BCUT2D eigenvalue weighted by Crippen LogP contribution is -2.35. The van der Waals surface area contributed by atoms with Crippen LogP contribution in [0.5, 0.6) is 0 Å². The highest BCUT2D eigenvalue weighted by Gasteiger charge is 2.28. The minimum absolute atomic E-state index is 0.0869. The molecule has 0 bridgehead atoms. The van der Waals surface area contributed by atoms with Crippen LogP contribution in [0.3, 0.4) is 0 Å². The van der Waals surface area contributed by atoms with Crippen molar-refractivity contribution in [3.63, 3.8) is 0 Å². The fourth-order valence-corrected chi connectivity index (χ4v) is 3.69. The van der Waals surface area contributed by atoms with Crippen molar-refractivity contribution in [3.8, 4) is 0 Å². The number of benzene rings is 1. The van der Waals surface area contributed by atoms with Gasteiger partial charge < -0.3 is 15.4 Å². The van der Waals surface area contributed by atoms with Gasteiger partial charge in [-0.2, -0.15) is 5.10 Å². The van der Waals surface area contributed by atoms with Gasteiger partial charge >= 0.3 is 5.97 Å². The fourth-order valence-electron chi connectivity index (χ4n) is 3.69. The summed E-state index contributed by atoms with van der Waals surface area (Å²) in [6.45, 7) is 7.15. The number of pyridine rings is 1. The second-order valence-corrected chi connectivity index (χ2v) is 8.94. The molecule has 0 saturated heterocycles. The number of rotatable bonds is 8. The van der Waals surface area contributed by atoms with Crippen LogP contribution < -0.4 is 10.6 Å². The van der Waals surface area contributed by atoms with Crippen LogP contribution in [-0.4, -0.2) is 45.7 Å². The third kappa shape index (κ3) is 5.08. The molecule has 3 aromatic rings. The average Bonchev–Trinajstić information content (AvgIpc) is 3.57. The zero-order valence-electron chi connectivity index (χ0n) is 19.8. The molecule has 2 amide bonds. The number of carbonyl (C=O) groups is 3. The molecular weight excluding hydrogens is 434 g/mol. The molecule has 0 atom stereocenters. The van der Waals surface area contributed by atoms with Crippen LogP contribution in [-0.2, 0) is 14.3 Å². The van der Waals surface area contributed by atoms with Crippen molar-refractivity contribution in [2.45, 2.75) is 52.5 Å². The summed E-state index contributed by atoms with van der Waals surface area (Å²) in [6, 6.07) is 7.44. The van der Waals surface area contributed by atoms with Crippen molar-refractivity contribution in [2.75, 3.05) is 18.5 Å². The van der Waals surface area contributed by atoms with Gasteiger partial charge in [-0.25, -0.2) is 14.5 Å². The Hall–Kier alpha value is -3.75. The van der Waals surface area contributed by atoms with E-state index < -0.39 is 18.5 Å². The zero-order chi connectivity index (χ0) is 24.4. The Kier molecular flexibility index (Phi) is 6.63. The number of nitrogens with one attached hydrogen (secondary N) is 2. The van der Waals surface area contributed by atoms with Crippen LogP contribution in [0.2, 0.25) is 0 Å². The molecule has 1 aliphatic rings. The standard InChI is InChI=1S/C25H29N5O4/c1-14(2)30-24-19(11-27-30)18(10-21(29-24)17-8-9-17)25(33)34-13-23(32)26-12-22(31)28-20-7-5-6-15(3)16(20)4/h5-7,10-11,14,17H,8-9,12-13H2,1-4H3,(H,26,32)(H,28,31). The zero-order valence-corrected chi connectivity index (χ0v) is 19.8. The van der Waals surface area contributed by atoms with Crippen LogP contribution in [0.15, 0.2) is 30.5 Å². The quantitative estimate of drug-likeness (QED) is 0.495. The molecule has 9 heteroatoms. The largest absolute Gasteiger partial charge is 0.452 e. The van der Waals surface area contributed by atoms with E-state index in [1.165, 1.54) is 0 Å². The average molecular weight is 464 g/mol. The summed E-state index contributed by atoms with van der Waals surface area (Å²) in [5, 5.41) is 10.2. The molecular formula is C25H29N5O4. The van der Waals surface area contributed by atoms with Gasteiger partial charge in [0.2, 0.25) is 5.91 Å². The Labute approximate surface area is 197 Å². The van der Waals surface area contributed by atoms with Gasteiger partial charge in [-0.1, -0.05) is 12.1 Å². The molecule has 0 radical (unpaired) electrons. The lowest BCUT2D eigenvalue weighted by atomic mass is 10.1. The number of amides is 2. The molecule has 4 rings (SSSR count). The molecule has 1 fully saturated rings. The number of ether oxygens (including phenoxy) is 1. The van der Waals surface area contributed by atoms with Crippen molar-refractivity contribution in [1.82, 2.24) is 20.1 Å². The van der Waals surface area contributed by atoms with E-state index in [9.17, 15) is 14.4 Å². The topological polar surface area (TPSA) is 115 Å². The Morgan fingerprint density at radius 3 is 2.65 bits per heavy atom. The predicted molar refractivity (Wildman–Crippen MR) is 128 cm³/mol. The van der Waals surface area contributed by atoms with E-state index in [2.05, 4.69) is 15.7 Å². The van der Waals surface area contributed by atoms with Gasteiger partial charge in [0.05, 0.1) is 23.7 Å². The summed E-state index contributed by atoms with van der Waals surface area (Å²) in [4.78, 5) is 42.0. The van der Waals surface area contributed by atoms with Crippen molar-refractivity contribution in [1.29, 1.82) is 0 Å². The molecule has 34 heavy (non-hydrogen) atoms. The molecule has 1 saturated carbocycles. The van der Waals surface area contributed by atoms with Crippen LogP contribution in [0.4, 0.5) is 5.69 Å². The molecule has 0 aliphatic heterocycles. The van der Waals surface area contributed by atoms with Gasteiger partial charge in [0.15, 0.2) is 12.3 Å². The van der Waals surface area contributed by atoms with Gasteiger partial charge in [0, 0.05) is 23.3 Å². The van der Waals surface area contributed by atoms with Gasteiger partial charge in [-0.3, -0.25) is 9.59 Å². The van der Waals surface area contributed by atoms with Crippen LogP contribution >= 0.6 is 0 Å². The highest BCUT2D eigenvalue weighted by Crippen LogP contribution is 2.40. The van der Waals surface area contributed by atoms with Crippen molar-refractivity contribution in [3.05, 3.63) is 52.8 Å². The number of fused-ring (bicyclic) bond motifs is 1. The molecule has 1 aliphatic carbocycles.